The summed E-state index contributed by atoms with van der Waals surface area (Å²) in [7, 11) is 0. The molecular weight excluding hydrogens is 580 g/mol. The van der Waals surface area contributed by atoms with Gasteiger partial charge in [0.15, 0.2) is 28.4 Å². The van der Waals surface area contributed by atoms with Crippen molar-refractivity contribution in [2.45, 2.75) is 12.2 Å². The largest absolute Gasteiger partial charge is 0.508 e. The predicted molar refractivity (Wildman–Crippen MR) is 161 cm³/mol. The van der Waals surface area contributed by atoms with E-state index in [0.717, 1.165) is 45.8 Å². The van der Waals surface area contributed by atoms with Gasteiger partial charge in [0.05, 0.1) is 25.4 Å². The first-order valence-electron chi connectivity index (χ1n) is 14.6. The first-order valence-corrected chi connectivity index (χ1v) is 14.6. The van der Waals surface area contributed by atoms with Crippen molar-refractivity contribution in [1.82, 2.24) is 0 Å². The second-order valence-electron chi connectivity index (χ2n) is 11.2. The van der Waals surface area contributed by atoms with Crippen LogP contribution in [0, 0.1) is 11.8 Å². The molecule has 4 aliphatic heterocycles. The summed E-state index contributed by atoms with van der Waals surface area (Å²) in [5, 5.41) is 19.2. The highest BCUT2D eigenvalue weighted by atomic mass is 16.7. The molecular formula is C35H28O10. The van der Waals surface area contributed by atoms with Gasteiger partial charge in [-0.15, -0.1) is 0 Å². The van der Waals surface area contributed by atoms with Gasteiger partial charge in [-0.3, -0.25) is 4.79 Å². The molecule has 0 saturated carbocycles. The van der Waals surface area contributed by atoms with Gasteiger partial charge in [-0.1, -0.05) is 42.5 Å². The summed E-state index contributed by atoms with van der Waals surface area (Å²) in [4.78, 5) is 12.0. The highest BCUT2D eigenvalue weighted by Gasteiger charge is 2.48. The Kier molecular flexibility index (Phi) is 6.73. The molecule has 9 rings (SSSR count). The number of ether oxygens (including phenoxy) is 6. The number of phenolic OH excluding ortho intramolecular Hbond substituents is 2. The summed E-state index contributed by atoms with van der Waals surface area (Å²) < 4.78 is 39.8. The van der Waals surface area contributed by atoms with Gasteiger partial charge in [0.1, 0.15) is 28.2 Å². The number of phenols is 2. The fourth-order valence-electron chi connectivity index (χ4n) is 6.41. The zero-order chi connectivity index (χ0) is 30.5. The van der Waals surface area contributed by atoms with E-state index in [0.29, 0.717) is 30.8 Å². The van der Waals surface area contributed by atoms with Crippen molar-refractivity contribution in [2.75, 3.05) is 26.8 Å². The van der Waals surface area contributed by atoms with E-state index >= 15 is 0 Å². The number of benzene rings is 4. The van der Waals surface area contributed by atoms with Crippen molar-refractivity contribution in [3.63, 3.8) is 0 Å². The Bertz CT molecular complexity index is 1880. The molecule has 1 aromatic heterocycles. The molecule has 10 heteroatoms. The Morgan fingerprint density at radius 3 is 1.80 bits per heavy atom. The third kappa shape index (κ3) is 4.98. The van der Waals surface area contributed by atoms with E-state index in [1.807, 2.05) is 54.6 Å². The standard InChI is InChI=1S/C20H18O6.C15H10O4/c1-3-15-17(25-9-23-15)5-11(1)19-13-7-22-20(14(13)8-21-19)12-2-4-16-18(6-12)26-10-24-16;16-10-6-11(17)15-12(18)8-13(19-14(15)7-10)9-4-2-1-3-5-9/h1-6,13-14,19-20H,7-10H2;1-8,16-17H. The third-order valence-corrected chi connectivity index (χ3v) is 8.57. The maximum absolute atomic E-state index is 12.0. The molecule has 5 aromatic rings. The molecule has 0 aliphatic carbocycles. The minimum absolute atomic E-state index is 0.0218. The van der Waals surface area contributed by atoms with E-state index in [2.05, 4.69) is 12.1 Å². The van der Waals surface area contributed by atoms with Crippen LogP contribution < -0.4 is 24.4 Å². The quantitative estimate of drug-likeness (QED) is 0.249. The van der Waals surface area contributed by atoms with Crippen LogP contribution in [0.5, 0.6) is 34.5 Å². The summed E-state index contributed by atoms with van der Waals surface area (Å²) in [6, 6.07) is 25.0. The van der Waals surface area contributed by atoms with Crippen molar-refractivity contribution in [1.29, 1.82) is 0 Å². The van der Waals surface area contributed by atoms with Gasteiger partial charge in [0.2, 0.25) is 13.6 Å². The molecule has 4 aromatic carbocycles. The third-order valence-electron chi connectivity index (χ3n) is 8.57. The van der Waals surface area contributed by atoms with Gasteiger partial charge in [-0.05, 0) is 35.4 Å². The van der Waals surface area contributed by atoms with E-state index < -0.39 is 0 Å². The fourth-order valence-corrected chi connectivity index (χ4v) is 6.41. The zero-order valence-corrected chi connectivity index (χ0v) is 23.9. The monoisotopic (exact) mass is 608 g/mol. The van der Waals surface area contributed by atoms with Crippen molar-refractivity contribution < 1.29 is 43.1 Å². The molecule has 2 N–H and O–H groups in total. The molecule has 0 amide bonds. The van der Waals surface area contributed by atoms with E-state index in [9.17, 15) is 15.0 Å². The molecule has 45 heavy (non-hydrogen) atoms. The highest BCUT2D eigenvalue weighted by molar-refractivity contribution is 5.86. The number of fused-ring (bicyclic) bond motifs is 4. The minimum Gasteiger partial charge on any atom is -0.508 e. The first kappa shape index (κ1) is 27.4. The van der Waals surface area contributed by atoms with Crippen molar-refractivity contribution >= 4 is 11.0 Å². The van der Waals surface area contributed by atoms with E-state index in [4.69, 9.17) is 32.8 Å². The van der Waals surface area contributed by atoms with Crippen molar-refractivity contribution in [3.8, 4) is 45.8 Å². The summed E-state index contributed by atoms with van der Waals surface area (Å²) in [5.74, 6) is 3.77. The number of hydrogen-bond donors (Lipinski definition) is 2. The van der Waals surface area contributed by atoms with Crippen LogP contribution in [-0.4, -0.2) is 37.0 Å². The average Bonchev–Trinajstić information content (AvgIpc) is 3.85. The maximum Gasteiger partial charge on any atom is 0.231 e. The van der Waals surface area contributed by atoms with E-state index in [1.165, 1.54) is 12.1 Å². The van der Waals surface area contributed by atoms with Crippen LogP contribution in [0.3, 0.4) is 0 Å². The van der Waals surface area contributed by atoms with E-state index in [-0.39, 0.29) is 53.7 Å². The highest BCUT2D eigenvalue weighted by Crippen LogP contribution is 2.52. The number of hydrogen-bond acceptors (Lipinski definition) is 10. The lowest BCUT2D eigenvalue weighted by Crippen LogP contribution is -2.14. The lowest BCUT2D eigenvalue weighted by atomic mass is 9.85. The fraction of sp³-hybridized carbons (Fsp3) is 0.229. The van der Waals surface area contributed by atoms with Gasteiger partial charge < -0.3 is 43.1 Å². The van der Waals surface area contributed by atoms with Gasteiger partial charge in [0, 0.05) is 35.6 Å². The summed E-state index contributed by atoms with van der Waals surface area (Å²) in [6.45, 7) is 1.93. The first-order chi connectivity index (χ1) is 22.0. The van der Waals surface area contributed by atoms with Crippen molar-refractivity contribution in [3.05, 3.63) is 106 Å². The Labute approximate surface area is 256 Å². The van der Waals surface area contributed by atoms with Crippen LogP contribution in [0.25, 0.3) is 22.3 Å². The van der Waals surface area contributed by atoms with E-state index in [1.54, 1.807) is 0 Å². The molecule has 228 valence electrons. The van der Waals surface area contributed by atoms with Crippen LogP contribution in [-0.2, 0) is 9.47 Å². The molecule has 10 nitrogen and oxygen atoms in total. The SMILES string of the molecule is O=c1cc(-c2ccccc2)oc2cc(O)cc(O)c12.c1cc2c(cc1C1OCC3C(c4ccc5c(c4)OCO5)OCC13)OCO2. The predicted octanol–water partition coefficient (Wildman–Crippen LogP) is 6.09. The molecule has 0 radical (unpaired) electrons. The Hall–Kier alpha value is -5.19. The second kappa shape index (κ2) is 11.1. The Balaban J connectivity index is 0.000000141. The molecule has 5 heterocycles. The van der Waals surface area contributed by atoms with Gasteiger partial charge >= 0.3 is 0 Å². The molecule has 2 saturated heterocycles. The van der Waals surface area contributed by atoms with Crippen LogP contribution >= 0.6 is 0 Å². The van der Waals surface area contributed by atoms with Crippen LogP contribution in [0.1, 0.15) is 23.3 Å². The summed E-state index contributed by atoms with van der Waals surface area (Å²) in [5.41, 5.74) is 2.80. The number of rotatable bonds is 3. The lowest BCUT2D eigenvalue weighted by Gasteiger charge is -2.17. The smallest absolute Gasteiger partial charge is 0.231 e. The zero-order valence-electron chi connectivity index (χ0n) is 23.9. The van der Waals surface area contributed by atoms with Crippen LogP contribution in [0.15, 0.2) is 94.1 Å². The summed E-state index contributed by atoms with van der Waals surface area (Å²) in [6.07, 6.45) is 0.0435. The molecule has 0 bridgehead atoms. The molecule has 4 aliphatic rings. The normalized spacial score (nSPS) is 22.2. The molecule has 0 spiro atoms. The average molecular weight is 609 g/mol. The van der Waals surface area contributed by atoms with Gasteiger partial charge in [0.25, 0.3) is 0 Å². The van der Waals surface area contributed by atoms with Crippen LogP contribution in [0.2, 0.25) is 0 Å². The Morgan fingerprint density at radius 1 is 0.622 bits per heavy atom. The Morgan fingerprint density at radius 2 is 1.20 bits per heavy atom. The topological polar surface area (TPSA) is 126 Å². The lowest BCUT2D eigenvalue weighted by molar-refractivity contribution is 0.0192. The molecule has 2 fully saturated rings. The number of aromatic hydroxyl groups is 2. The summed E-state index contributed by atoms with van der Waals surface area (Å²) >= 11 is 0. The van der Waals surface area contributed by atoms with Crippen LogP contribution in [0.4, 0.5) is 0 Å². The van der Waals surface area contributed by atoms with Gasteiger partial charge in [-0.2, -0.15) is 0 Å². The van der Waals surface area contributed by atoms with Gasteiger partial charge in [-0.25, -0.2) is 0 Å². The second-order valence-corrected chi connectivity index (χ2v) is 11.2. The molecule has 4 atom stereocenters. The van der Waals surface area contributed by atoms with Crippen molar-refractivity contribution in [2.24, 2.45) is 11.8 Å². The molecule has 4 unspecified atom stereocenters. The minimum atomic E-state index is -0.349. The maximum atomic E-state index is 12.0.